The molecule has 0 radical (unpaired) electrons. The van der Waals surface area contributed by atoms with Crippen LogP contribution in [0.15, 0.2) is 0 Å². The lowest BCUT2D eigenvalue weighted by Gasteiger charge is -2.28. The number of rotatable bonds is 6. The van der Waals surface area contributed by atoms with Gasteiger partial charge in [0.15, 0.2) is 0 Å². The highest BCUT2D eigenvalue weighted by molar-refractivity contribution is 5.86. The molecule has 1 unspecified atom stereocenters. The second kappa shape index (κ2) is 7.99. The van der Waals surface area contributed by atoms with Gasteiger partial charge < -0.3 is 22.1 Å². The van der Waals surface area contributed by atoms with Crippen LogP contribution in [0.4, 0.5) is 4.79 Å². The summed E-state index contributed by atoms with van der Waals surface area (Å²) in [6, 6.07) is -0.742. The fourth-order valence-electron chi connectivity index (χ4n) is 2.41. The van der Waals surface area contributed by atoms with Crippen LogP contribution < -0.4 is 22.1 Å². The number of urea groups is 1. The lowest BCUT2D eigenvalue weighted by atomic mass is 9.91. The quantitative estimate of drug-likeness (QED) is 0.567. The molecule has 6 N–H and O–H groups in total. The Morgan fingerprint density at radius 2 is 1.89 bits per heavy atom. The Bertz CT molecular complexity index is 301. The Morgan fingerprint density at radius 1 is 1.26 bits per heavy atom. The van der Waals surface area contributed by atoms with Gasteiger partial charge in [-0.25, -0.2) is 4.79 Å². The van der Waals surface area contributed by atoms with Crippen molar-refractivity contribution in [1.29, 1.82) is 0 Å². The topological polar surface area (TPSA) is 110 Å². The average molecular weight is 270 g/mol. The fourth-order valence-corrected chi connectivity index (χ4v) is 2.41. The second-order valence-electron chi connectivity index (χ2n) is 5.32. The molecule has 0 aliphatic heterocycles. The smallest absolute Gasteiger partial charge is 0.312 e. The fraction of sp³-hybridized carbons (Fsp3) is 0.846. The van der Waals surface area contributed by atoms with E-state index in [1.54, 1.807) is 0 Å². The highest BCUT2D eigenvalue weighted by Crippen LogP contribution is 2.17. The second-order valence-corrected chi connectivity index (χ2v) is 5.32. The maximum Gasteiger partial charge on any atom is 0.312 e. The van der Waals surface area contributed by atoms with Crippen LogP contribution in [0.25, 0.3) is 0 Å². The third-order valence-corrected chi connectivity index (χ3v) is 3.60. The molecule has 110 valence electrons. The molecule has 1 aliphatic carbocycles. The largest absolute Gasteiger partial charge is 0.352 e. The molecular formula is C13H26N4O2. The third-order valence-electron chi connectivity index (χ3n) is 3.60. The Kier molecular flexibility index (Phi) is 6.62. The number of hydrogen-bond donors (Lipinski definition) is 4. The van der Waals surface area contributed by atoms with Crippen molar-refractivity contribution < 1.29 is 9.59 Å². The molecule has 0 bridgehead atoms. The molecule has 0 aromatic carbocycles. The van der Waals surface area contributed by atoms with E-state index in [0.717, 1.165) is 38.5 Å². The van der Waals surface area contributed by atoms with Crippen LogP contribution in [0.5, 0.6) is 0 Å². The zero-order valence-corrected chi connectivity index (χ0v) is 11.7. The van der Waals surface area contributed by atoms with Crippen LogP contribution >= 0.6 is 0 Å². The summed E-state index contributed by atoms with van der Waals surface area (Å²) < 4.78 is 0. The standard InChI is InChI=1S/C13H26N4O2/c1-2-3-4-11(17-13(15)19)12(18)16-10-7-5-9(14)6-8-10/h9-11H,2-8,14H2,1H3,(H,16,18)(H3,15,17,19). The van der Waals surface area contributed by atoms with Crippen molar-refractivity contribution in [2.75, 3.05) is 0 Å². The van der Waals surface area contributed by atoms with E-state index in [-0.39, 0.29) is 18.0 Å². The van der Waals surface area contributed by atoms with E-state index in [0.29, 0.717) is 6.42 Å². The summed E-state index contributed by atoms with van der Waals surface area (Å²) in [5.41, 5.74) is 10.9. The van der Waals surface area contributed by atoms with Crippen molar-refractivity contribution in [2.45, 2.75) is 70.0 Å². The van der Waals surface area contributed by atoms with Crippen LogP contribution in [0, 0.1) is 0 Å². The Labute approximate surface area is 114 Å². The van der Waals surface area contributed by atoms with Crippen molar-refractivity contribution in [3.63, 3.8) is 0 Å². The maximum atomic E-state index is 12.1. The summed E-state index contributed by atoms with van der Waals surface area (Å²) in [5, 5.41) is 5.50. The first kappa shape index (κ1) is 15.8. The highest BCUT2D eigenvalue weighted by Gasteiger charge is 2.24. The predicted molar refractivity (Wildman–Crippen MR) is 74.4 cm³/mol. The molecule has 0 aromatic rings. The first-order valence-corrected chi connectivity index (χ1v) is 7.14. The van der Waals surface area contributed by atoms with E-state index in [4.69, 9.17) is 11.5 Å². The summed E-state index contributed by atoms with van der Waals surface area (Å²) >= 11 is 0. The summed E-state index contributed by atoms with van der Waals surface area (Å²) in [6.07, 6.45) is 6.17. The van der Waals surface area contributed by atoms with Gasteiger partial charge in [-0.05, 0) is 32.1 Å². The maximum absolute atomic E-state index is 12.1. The molecule has 1 fully saturated rings. The van der Waals surface area contributed by atoms with Gasteiger partial charge in [0, 0.05) is 12.1 Å². The van der Waals surface area contributed by atoms with E-state index in [1.165, 1.54) is 0 Å². The minimum Gasteiger partial charge on any atom is -0.352 e. The summed E-state index contributed by atoms with van der Waals surface area (Å²) in [6.45, 7) is 2.04. The average Bonchev–Trinajstić information content (AvgIpc) is 2.36. The lowest BCUT2D eigenvalue weighted by molar-refractivity contribution is -0.124. The highest BCUT2D eigenvalue weighted by atomic mass is 16.2. The number of amides is 3. The zero-order chi connectivity index (χ0) is 14.3. The SMILES string of the molecule is CCCCC(NC(N)=O)C(=O)NC1CCC(N)CC1. The first-order chi connectivity index (χ1) is 9.02. The van der Waals surface area contributed by atoms with Crippen molar-refractivity contribution in [3.8, 4) is 0 Å². The van der Waals surface area contributed by atoms with Crippen molar-refractivity contribution in [1.82, 2.24) is 10.6 Å². The van der Waals surface area contributed by atoms with Gasteiger partial charge in [0.05, 0.1) is 0 Å². The molecule has 0 aromatic heterocycles. The molecule has 6 nitrogen and oxygen atoms in total. The van der Waals surface area contributed by atoms with Gasteiger partial charge in [-0.2, -0.15) is 0 Å². The molecule has 6 heteroatoms. The van der Waals surface area contributed by atoms with Crippen molar-refractivity contribution in [2.24, 2.45) is 11.5 Å². The molecule has 0 saturated heterocycles. The van der Waals surface area contributed by atoms with E-state index in [2.05, 4.69) is 10.6 Å². The molecule has 1 saturated carbocycles. The van der Waals surface area contributed by atoms with Crippen LogP contribution in [0.3, 0.4) is 0 Å². The predicted octanol–water partition coefficient (Wildman–Crippen LogP) is 0.600. The zero-order valence-electron chi connectivity index (χ0n) is 11.7. The van der Waals surface area contributed by atoms with Gasteiger partial charge >= 0.3 is 6.03 Å². The van der Waals surface area contributed by atoms with Gasteiger partial charge in [0.2, 0.25) is 5.91 Å². The van der Waals surface area contributed by atoms with Crippen LogP contribution in [-0.2, 0) is 4.79 Å². The van der Waals surface area contributed by atoms with Gasteiger partial charge in [-0.3, -0.25) is 4.79 Å². The molecule has 3 amide bonds. The van der Waals surface area contributed by atoms with Gasteiger partial charge in [0.25, 0.3) is 0 Å². The number of unbranched alkanes of at least 4 members (excludes halogenated alkanes) is 1. The molecule has 0 heterocycles. The van der Waals surface area contributed by atoms with E-state index >= 15 is 0 Å². The monoisotopic (exact) mass is 270 g/mol. The first-order valence-electron chi connectivity index (χ1n) is 7.14. The number of hydrogen-bond acceptors (Lipinski definition) is 3. The number of primary amides is 1. The normalized spacial score (nSPS) is 24.5. The van der Waals surface area contributed by atoms with E-state index < -0.39 is 12.1 Å². The number of carbonyl (C=O) groups is 2. The minimum atomic E-state index is -0.651. The number of nitrogens with two attached hydrogens (primary N) is 2. The van der Waals surface area contributed by atoms with Crippen molar-refractivity contribution >= 4 is 11.9 Å². The molecule has 1 aliphatic rings. The Balaban J connectivity index is 2.43. The van der Waals surface area contributed by atoms with E-state index in [1.807, 2.05) is 6.92 Å². The molecular weight excluding hydrogens is 244 g/mol. The summed E-state index contributed by atoms with van der Waals surface area (Å²) in [5.74, 6) is -0.132. The minimum absolute atomic E-state index is 0.132. The summed E-state index contributed by atoms with van der Waals surface area (Å²) in [4.78, 5) is 23.0. The molecule has 0 spiro atoms. The van der Waals surface area contributed by atoms with Crippen LogP contribution in [0.1, 0.15) is 51.9 Å². The van der Waals surface area contributed by atoms with Gasteiger partial charge in [0.1, 0.15) is 6.04 Å². The third kappa shape index (κ3) is 5.92. The number of carbonyl (C=O) groups excluding carboxylic acids is 2. The van der Waals surface area contributed by atoms with Crippen molar-refractivity contribution in [3.05, 3.63) is 0 Å². The summed E-state index contributed by atoms with van der Waals surface area (Å²) in [7, 11) is 0. The number of nitrogens with one attached hydrogen (secondary N) is 2. The van der Waals surface area contributed by atoms with E-state index in [9.17, 15) is 9.59 Å². The molecule has 1 atom stereocenters. The van der Waals surface area contributed by atoms with Gasteiger partial charge in [-0.1, -0.05) is 19.8 Å². The molecule has 19 heavy (non-hydrogen) atoms. The Hall–Kier alpha value is -1.30. The van der Waals surface area contributed by atoms with Crippen LogP contribution in [0.2, 0.25) is 0 Å². The van der Waals surface area contributed by atoms with Gasteiger partial charge in [-0.15, -0.1) is 0 Å². The van der Waals surface area contributed by atoms with Crippen LogP contribution in [-0.4, -0.2) is 30.1 Å². The Morgan fingerprint density at radius 3 is 2.42 bits per heavy atom. The lowest BCUT2D eigenvalue weighted by Crippen LogP contribution is -2.51. The molecule has 1 rings (SSSR count).